The Bertz CT molecular complexity index is 1470. The molecule has 0 bridgehead atoms. The number of halogens is 3. The SMILES string of the molecule is Cc1ccc(S(=O)(=O)N(CC(=O)N(Cc2ccccc2)C(C)C(=O)NC(C)(C)C)c2cccc(C(F)(F)F)c2)cc1. The lowest BCUT2D eigenvalue weighted by molar-refractivity contribution is -0.140. The van der Waals surface area contributed by atoms with Gasteiger partial charge in [0.05, 0.1) is 16.1 Å². The molecule has 0 heterocycles. The molecule has 1 atom stereocenters. The highest BCUT2D eigenvalue weighted by Gasteiger charge is 2.35. The topological polar surface area (TPSA) is 86.8 Å². The van der Waals surface area contributed by atoms with Crippen LogP contribution in [-0.2, 0) is 32.3 Å². The van der Waals surface area contributed by atoms with E-state index < -0.39 is 51.7 Å². The van der Waals surface area contributed by atoms with Gasteiger partial charge in [-0.05, 0) is 70.5 Å². The van der Waals surface area contributed by atoms with E-state index in [1.165, 1.54) is 30.0 Å². The molecule has 11 heteroatoms. The number of alkyl halides is 3. The summed E-state index contributed by atoms with van der Waals surface area (Å²) in [5.41, 5.74) is -0.543. The maximum Gasteiger partial charge on any atom is 0.416 e. The maximum atomic E-state index is 13.9. The molecule has 2 amide bonds. The number of nitrogens with one attached hydrogen (secondary N) is 1. The molecule has 0 aliphatic carbocycles. The third-order valence-electron chi connectivity index (χ3n) is 6.21. The minimum Gasteiger partial charge on any atom is -0.350 e. The van der Waals surface area contributed by atoms with Gasteiger partial charge in [-0.2, -0.15) is 13.2 Å². The average Bonchev–Trinajstić information content (AvgIpc) is 2.89. The van der Waals surface area contributed by atoms with E-state index in [2.05, 4.69) is 5.32 Å². The summed E-state index contributed by atoms with van der Waals surface area (Å²) in [6.07, 6.45) is -4.74. The first-order valence-electron chi connectivity index (χ1n) is 12.9. The Hall–Kier alpha value is -3.86. The standard InChI is InChI=1S/C30H34F3N3O4S/c1-21-14-16-26(17-15-21)41(39,40)36(25-13-9-12-24(18-25)30(31,32)33)20-27(37)35(19-23-10-7-6-8-11-23)22(2)28(38)34-29(3,4)5/h6-18,22H,19-20H2,1-5H3,(H,34,38). The molecule has 3 aromatic carbocycles. The fourth-order valence-electron chi connectivity index (χ4n) is 4.04. The summed E-state index contributed by atoms with van der Waals surface area (Å²) in [6.45, 7) is 7.76. The van der Waals surface area contributed by atoms with Crippen LogP contribution in [0.25, 0.3) is 0 Å². The van der Waals surface area contributed by atoms with Gasteiger partial charge >= 0.3 is 6.18 Å². The summed E-state index contributed by atoms with van der Waals surface area (Å²) in [7, 11) is -4.49. The molecule has 0 aliphatic heterocycles. The number of sulfonamides is 1. The summed E-state index contributed by atoms with van der Waals surface area (Å²) >= 11 is 0. The Morgan fingerprint density at radius 3 is 2.07 bits per heavy atom. The second kappa shape index (κ2) is 12.3. The molecule has 220 valence electrons. The average molecular weight is 590 g/mol. The first-order chi connectivity index (χ1) is 19.0. The predicted octanol–water partition coefficient (Wildman–Crippen LogP) is 5.54. The molecule has 3 rings (SSSR count). The number of aryl methyl sites for hydroxylation is 1. The molecule has 0 fully saturated rings. The predicted molar refractivity (Wildman–Crippen MR) is 152 cm³/mol. The fraction of sp³-hybridized carbons (Fsp3) is 0.333. The molecule has 3 aromatic rings. The van der Waals surface area contributed by atoms with Crippen molar-refractivity contribution in [2.75, 3.05) is 10.8 Å². The number of carbonyl (C=O) groups excluding carboxylic acids is 2. The fourth-order valence-corrected chi connectivity index (χ4v) is 5.45. The molecular formula is C30H34F3N3O4S. The number of hydrogen-bond acceptors (Lipinski definition) is 4. The van der Waals surface area contributed by atoms with Crippen molar-refractivity contribution in [3.63, 3.8) is 0 Å². The number of nitrogens with zero attached hydrogens (tertiary/aromatic N) is 2. The third kappa shape index (κ3) is 8.32. The number of amides is 2. The lowest BCUT2D eigenvalue weighted by atomic mass is 10.1. The van der Waals surface area contributed by atoms with Gasteiger partial charge in [-0.25, -0.2) is 8.42 Å². The quantitative estimate of drug-likeness (QED) is 0.355. The molecule has 0 spiro atoms. The molecule has 0 radical (unpaired) electrons. The second-order valence-electron chi connectivity index (χ2n) is 10.8. The molecule has 0 saturated carbocycles. The number of benzene rings is 3. The van der Waals surface area contributed by atoms with Crippen LogP contribution in [-0.4, -0.2) is 43.3 Å². The molecular weight excluding hydrogens is 555 g/mol. The van der Waals surface area contributed by atoms with Crippen LogP contribution in [0.1, 0.15) is 44.4 Å². The normalized spacial score (nSPS) is 12.9. The van der Waals surface area contributed by atoms with Crippen LogP contribution in [0.3, 0.4) is 0 Å². The van der Waals surface area contributed by atoms with Crippen LogP contribution >= 0.6 is 0 Å². The van der Waals surface area contributed by atoms with Crippen LogP contribution in [0.15, 0.2) is 83.8 Å². The number of carbonyl (C=O) groups is 2. The smallest absolute Gasteiger partial charge is 0.350 e. The van der Waals surface area contributed by atoms with Crippen LogP contribution < -0.4 is 9.62 Å². The number of rotatable bonds is 9. The van der Waals surface area contributed by atoms with E-state index >= 15 is 0 Å². The highest BCUT2D eigenvalue weighted by molar-refractivity contribution is 7.92. The van der Waals surface area contributed by atoms with Gasteiger partial charge in [0.1, 0.15) is 12.6 Å². The first kappa shape index (κ1) is 31.7. The van der Waals surface area contributed by atoms with Gasteiger partial charge in [-0.3, -0.25) is 13.9 Å². The summed E-state index contributed by atoms with van der Waals surface area (Å²) < 4.78 is 69.0. The summed E-state index contributed by atoms with van der Waals surface area (Å²) in [6, 6.07) is 17.4. The minimum absolute atomic E-state index is 0.0284. The van der Waals surface area contributed by atoms with Crippen molar-refractivity contribution in [3.05, 3.63) is 95.6 Å². The van der Waals surface area contributed by atoms with Crippen molar-refractivity contribution in [3.8, 4) is 0 Å². The molecule has 0 aliphatic rings. The van der Waals surface area contributed by atoms with E-state index in [0.29, 0.717) is 15.9 Å². The van der Waals surface area contributed by atoms with E-state index in [4.69, 9.17) is 0 Å². The van der Waals surface area contributed by atoms with Crippen LogP contribution in [0.4, 0.5) is 18.9 Å². The van der Waals surface area contributed by atoms with Gasteiger partial charge in [0, 0.05) is 12.1 Å². The van der Waals surface area contributed by atoms with Gasteiger partial charge in [0.15, 0.2) is 0 Å². The summed E-state index contributed by atoms with van der Waals surface area (Å²) in [5, 5.41) is 2.82. The zero-order valence-corrected chi connectivity index (χ0v) is 24.4. The van der Waals surface area contributed by atoms with Crippen molar-refractivity contribution in [2.45, 2.75) is 63.8 Å². The van der Waals surface area contributed by atoms with Crippen LogP contribution in [0, 0.1) is 6.92 Å². The lowest BCUT2D eigenvalue weighted by Gasteiger charge is -2.33. The van der Waals surface area contributed by atoms with Gasteiger partial charge in [0.2, 0.25) is 11.8 Å². The number of hydrogen-bond donors (Lipinski definition) is 1. The Morgan fingerprint density at radius 2 is 1.51 bits per heavy atom. The van der Waals surface area contributed by atoms with Crippen LogP contribution in [0.5, 0.6) is 0 Å². The lowest BCUT2D eigenvalue weighted by Crippen LogP contribution is -2.54. The van der Waals surface area contributed by atoms with Crippen molar-refractivity contribution in [1.82, 2.24) is 10.2 Å². The van der Waals surface area contributed by atoms with Gasteiger partial charge < -0.3 is 10.2 Å². The van der Waals surface area contributed by atoms with E-state index in [-0.39, 0.29) is 17.1 Å². The van der Waals surface area contributed by atoms with Gasteiger partial charge in [-0.15, -0.1) is 0 Å². The van der Waals surface area contributed by atoms with Crippen molar-refractivity contribution in [2.24, 2.45) is 0 Å². The molecule has 0 aromatic heterocycles. The monoisotopic (exact) mass is 589 g/mol. The van der Waals surface area contributed by atoms with Crippen molar-refractivity contribution >= 4 is 27.5 Å². The Labute approximate surface area is 239 Å². The van der Waals surface area contributed by atoms with E-state index in [1.807, 2.05) is 0 Å². The summed E-state index contributed by atoms with van der Waals surface area (Å²) in [5.74, 6) is -1.23. The van der Waals surface area contributed by atoms with E-state index in [0.717, 1.165) is 17.7 Å². The van der Waals surface area contributed by atoms with Gasteiger partial charge in [-0.1, -0.05) is 54.1 Å². The highest BCUT2D eigenvalue weighted by Crippen LogP contribution is 2.33. The Balaban J connectivity index is 2.09. The minimum atomic E-state index is -4.74. The van der Waals surface area contributed by atoms with E-state index in [1.54, 1.807) is 70.2 Å². The maximum absolute atomic E-state index is 13.9. The largest absolute Gasteiger partial charge is 0.416 e. The second-order valence-corrected chi connectivity index (χ2v) is 12.7. The molecule has 1 unspecified atom stereocenters. The van der Waals surface area contributed by atoms with Gasteiger partial charge in [0.25, 0.3) is 10.0 Å². The molecule has 1 N–H and O–H groups in total. The summed E-state index contributed by atoms with van der Waals surface area (Å²) in [4.78, 5) is 28.0. The van der Waals surface area contributed by atoms with Crippen LogP contribution in [0.2, 0.25) is 0 Å². The zero-order valence-electron chi connectivity index (χ0n) is 23.6. The zero-order chi connectivity index (χ0) is 30.6. The number of anilines is 1. The van der Waals surface area contributed by atoms with E-state index in [9.17, 15) is 31.2 Å². The van der Waals surface area contributed by atoms with Crippen molar-refractivity contribution in [1.29, 1.82) is 0 Å². The molecule has 41 heavy (non-hydrogen) atoms. The first-order valence-corrected chi connectivity index (χ1v) is 14.3. The molecule has 0 saturated heterocycles. The highest BCUT2D eigenvalue weighted by atomic mass is 32.2. The Morgan fingerprint density at radius 1 is 0.902 bits per heavy atom. The van der Waals surface area contributed by atoms with Crippen molar-refractivity contribution < 1.29 is 31.2 Å². The molecule has 7 nitrogen and oxygen atoms in total. The Kier molecular flexibility index (Phi) is 9.53. The third-order valence-corrected chi connectivity index (χ3v) is 8.00.